The van der Waals surface area contributed by atoms with Crippen molar-refractivity contribution < 1.29 is 19.1 Å². The van der Waals surface area contributed by atoms with Crippen molar-refractivity contribution in [2.24, 2.45) is 0 Å². The summed E-state index contributed by atoms with van der Waals surface area (Å²) in [6.45, 7) is 0. The predicted octanol–water partition coefficient (Wildman–Crippen LogP) is 5.92. The molecule has 0 saturated carbocycles. The Balaban J connectivity index is 1.97. The van der Waals surface area contributed by atoms with Crippen LogP contribution < -0.4 is 5.32 Å². The average molecular weight is 455 g/mol. The number of amides is 1. The van der Waals surface area contributed by atoms with Gasteiger partial charge in [0.25, 0.3) is 5.91 Å². The van der Waals surface area contributed by atoms with Crippen LogP contribution in [0.3, 0.4) is 0 Å². The van der Waals surface area contributed by atoms with E-state index in [0.717, 1.165) is 22.2 Å². The zero-order valence-corrected chi connectivity index (χ0v) is 16.1. The van der Waals surface area contributed by atoms with Crippen molar-refractivity contribution in [3.63, 3.8) is 0 Å². The lowest BCUT2D eigenvalue weighted by molar-refractivity contribution is 0.0699. The van der Waals surface area contributed by atoms with E-state index in [4.69, 9.17) is 11.6 Å². The standard InChI is InChI=1S/C18H10BrClFNO3S/c19-10-3-1-9(2-4-10)16-15(18(24)25)14(8-26-16)22-17(23)12-6-5-11(21)7-13(12)20/h1-8H,(H,22,23)(H,24,25). The lowest BCUT2D eigenvalue weighted by Crippen LogP contribution is -2.14. The third kappa shape index (κ3) is 3.80. The smallest absolute Gasteiger partial charge is 0.339 e. The Hall–Kier alpha value is -2.22. The lowest BCUT2D eigenvalue weighted by atomic mass is 10.1. The van der Waals surface area contributed by atoms with Gasteiger partial charge in [0.15, 0.2) is 0 Å². The first-order valence-corrected chi connectivity index (χ1v) is 9.29. The Morgan fingerprint density at radius 2 is 1.85 bits per heavy atom. The number of thiophene rings is 1. The van der Waals surface area contributed by atoms with Crippen molar-refractivity contribution in [3.05, 3.63) is 74.3 Å². The second-order valence-corrected chi connectivity index (χ2v) is 7.45. The molecule has 3 rings (SSSR count). The number of anilines is 1. The lowest BCUT2D eigenvalue weighted by Gasteiger charge is -2.08. The number of benzene rings is 2. The third-order valence-corrected chi connectivity index (χ3v) is 5.41. The highest BCUT2D eigenvalue weighted by molar-refractivity contribution is 9.10. The summed E-state index contributed by atoms with van der Waals surface area (Å²) in [5.74, 6) is -2.34. The number of rotatable bonds is 4. The van der Waals surface area contributed by atoms with Crippen molar-refractivity contribution in [2.45, 2.75) is 0 Å². The number of nitrogens with one attached hydrogen (secondary N) is 1. The summed E-state index contributed by atoms with van der Waals surface area (Å²) in [6.07, 6.45) is 0. The summed E-state index contributed by atoms with van der Waals surface area (Å²) in [4.78, 5) is 24.7. The number of halogens is 3. The molecular formula is C18H10BrClFNO3S. The number of hydrogen-bond donors (Lipinski definition) is 2. The number of carbonyl (C=O) groups is 2. The fourth-order valence-electron chi connectivity index (χ4n) is 2.34. The fraction of sp³-hybridized carbons (Fsp3) is 0. The Morgan fingerprint density at radius 3 is 2.46 bits per heavy atom. The van der Waals surface area contributed by atoms with Crippen LogP contribution in [-0.4, -0.2) is 17.0 Å². The van der Waals surface area contributed by atoms with E-state index >= 15 is 0 Å². The normalized spacial score (nSPS) is 10.6. The van der Waals surface area contributed by atoms with Crippen LogP contribution in [0.4, 0.5) is 10.1 Å². The van der Waals surface area contributed by atoms with Crippen LogP contribution in [0.5, 0.6) is 0 Å². The molecule has 1 heterocycles. The van der Waals surface area contributed by atoms with Gasteiger partial charge in [-0.05, 0) is 35.9 Å². The van der Waals surface area contributed by atoms with Crippen LogP contribution in [-0.2, 0) is 0 Å². The minimum Gasteiger partial charge on any atom is -0.478 e. The first-order chi connectivity index (χ1) is 12.4. The Bertz CT molecular complexity index is 1000. The van der Waals surface area contributed by atoms with Gasteiger partial charge in [-0.25, -0.2) is 9.18 Å². The van der Waals surface area contributed by atoms with Crippen molar-refractivity contribution in [1.29, 1.82) is 0 Å². The van der Waals surface area contributed by atoms with E-state index in [2.05, 4.69) is 21.2 Å². The van der Waals surface area contributed by atoms with Gasteiger partial charge in [-0.3, -0.25) is 4.79 Å². The number of hydrogen-bond acceptors (Lipinski definition) is 3. The summed E-state index contributed by atoms with van der Waals surface area (Å²) in [6, 6.07) is 10.6. The van der Waals surface area contributed by atoms with Crippen LogP contribution in [0.2, 0.25) is 5.02 Å². The van der Waals surface area contributed by atoms with Gasteiger partial charge in [0.05, 0.1) is 21.2 Å². The van der Waals surface area contributed by atoms with Crippen LogP contribution in [0.1, 0.15) is 20.7 Å². The molecule has 1 aromatic heterocycles. The molecule has 0 aliphatic carbocycles. The topological polar surface area (TPSA) is 66.4 Å². The second kappa shape index (κ2) is 7.57. The van der Waals surface area contributed by atoms with Crippen molar-refractivity contribution in [2.75, 3.05) is 5.32 Å². The Morgan fingerprint density at radius 1 is 1.15 bits per heavy atom. The molecule has 0 fully saturated rings. The zero-order chi connectivity index (χ0) is 18.8. The molecule has 0 unspecified atom stereocenters. The molecule has 2 aromatic carbocycles. The maximum atomic E-state index is 13.1. The summed E-state index contributed by atoms with van der Waals surface area (Å²) in [7, 11) is 0. The number of carboxylic acid groups (broad SMARTS) is 1. The van der Waals surface area contributed by atoms with Gasteiger partial charge in [-0.1, -0.05) is 39.7 Å². The molecule has 0 aliphatic heterocycles. The minimum atomic E-state index is -1.16. The maximum Gasteiger partial charge on any atom is 0.339 e. The number of carbonyl (C=O) groups excluding carboxylic acids is 1. The van der Waals surface area contributed by atoms with Gasteiger partial charge >= 0.3 is 5.97 Å². The van der Waals surface area contributed by atoms with Crippen LogP contribution in [0.15, 0.2) is 52.3 Å². The average Bonchev–Trinajstić information content (AvgIpc) is 2.99. The molecular weight excluding hydrogens is 445 g/mol. The number of aromatic carboxylic acids is 1. The highest BCUT2D eigenvalue weighted by Gasteiger charge is 2.22. The van der Waals surface area contributed by atoms with Gasteiger partial charge in [-0.15, -0.1) is 11.3 Å². The summed E-state index contributed by atoms with van der Waals surface area (Å²) < 4.78 is 14.0. The first kappa shape index (κ1) is 18.6. The zero-order valence-electron chi connectivity index (χ0n) is 12.9. The molecule has 0 atom stereocenters. The van der Waals surface area contributed by atoms with E-state index in [-0.39, 0.29) is 21.8 Å². The Labute approximate surface area is 165 Å². The van der Waals surface area contributed by atoms with E-state index in [0.29, 0.717) is 4.88 Å². The first-order valence-electron chi connectivity index (χ1n) is 7.24. The molecule has 0 aliphatic rings. The van der Waals surface area contributed by atoms with E-state index in [1.807, 2.05) is 0 Å². The van der Waals surface area contributed by atoms with Crippen molar-refractivity contribution in [3.8, 4) is 10.4 Å². The molecule has 4 nitrogen and oxygen atoms in total. The molecule has 0 saturated heterocycles. The monoisotopic (exact) mass is 453 g/mol. The van der Waals surface area contributed by atoms with Crippen LogP contribution in [0, 0.1) is 5.82 Å². The Kier molecular flexibility index (Phi) is 5.41. The predicted molar refractivity (Wildman–Crippen MR) is 104 cm³/mol. The SMILES string of the molecule is O=C(Nc1csc(-c2ccc(Br)cc2)c1C(=O)O)c1ccc(F)cc1Cl. The molecule has 0 radical (unpaired) electrons. The molecule has 2 N–H and O–H groups in total. The highest BCUT2D eigenvalue weighted by atomic mass is 79.9. The van der Waals surface area contributed by atoms with E-state index in [9.17, 15) is 19.1 Å². The van der Waals surface area contributed by atoms with Gasteiger partial charge in [0, 0.05) is 9.85 Å². The van der Waals surface area contributed by atoms with Gasteiger partial charge in [0.1, 0.15) is 11.4 Å². The largest absolute Gasteiger partial charge is 0.478 e. The molecule has 8 heteroatoms. The van der Waals surface area contributed by atoms with Crippen molar-refractivity contribution >= 4 is 56.4 Å². The third-order valence-electron chi connectivity index (χ3n) is 3.54. The maximum absolute atomic E-state index is 13.1. The second-order valence-electron chi connectivity index (χ2n) is 5.24. The van der Waals surface area contributed by atoms with Crippen LogP contribution in [0.25, 0.3) is 10.4 Å². The molecule has 1 amide bonds. The van der Waals surface area contributed by atoms with Gasteiger partial charge < -0.3 is 10.4 Å². The van der Waals surface area contributed by atoms with Gasteiger partial charge in [-0.2, -0.15) is 0 Å². The summed E-state index contributed by atoms with van der Waals surface area (Å²) in [5, 5.41) is 13.6. The van der Waals surface area contributed by atoms with Gasteiger partial charge in [0.2, 0.25) is 0 Å². The summed E-state index contributed by atoms with van der Waals surface area (Å²) in [5.41, 5.74) is 0.923. The fourth-order valence-corrected chi connectivity index (χ4v) is 3.86. The number of carboxylic acids is 1. The van der Waals surface area contributed by atoms with Crippen LogP contribution >= 0.6 is 38.9 Å². The van der Waals surface area contributed by atoms with E-state index < -0.39 is 17.7 Å². The molecule has 0 bridgehead atoms. The van der Waals surface area contributed by atoms with E-state index in [1.165, 1.54) is 17.4 Å². The summed E-state index contributed by atoms with van der Waals surface area (Å²) >= 11 is 10.4. The molecule has 0 spiro atoms. The van der Waals surface area contributed by atoms with Crippen molar-refractivity contribution in [1.82, 2.24) is 0 Å². The minimum absolute atomic E-state index is 0.0103. The molecule has 3 aromatic rings. The van der Waals surface area contributed by atoms with E-state index in [1.54, 1.807) is 29.6 Å². The highest BCUT2D eigenvalue weighted by Crippen LogP contribution is 2.37. The molecule has 26 heavy (non-hydrogen) atoms. The quantitative estimate of drug-likeness (QED) is 0.514. The molecule has 132 valence electrons.